The maximum absolute atomic E-state index is 13.2. The largest absolute Gasteiger partial charge is 0.472 e. The fraction of sp³-hybridized carbons (Fsp3) is 0.956. The van der Waals surface area contributed by atoms with Crippen molar-refractivity contribution in [3.8, 4) is 0 Å². The fourth-order valence-corrected chi connectivity index (χ4v) is 15.7. The summed E-state index contributed by atoms with van der Waals surface area (Å²) in [5.74, 6) is -1.22. The Morgan fingerprint density at radius 2 is 0.440 bits per heavy atom. The summed E-state index contributed by atoms with van der Waals surface area (Å²) in [6, 6.07) is 0. The number of aliphatic hydroxyl groups excluding tert-OH is 1. The quantitative estimate of drug-likeness (QED) is 0.0222. The standard InChI is InChI=1S/C90H176O17P2/c1-6-10-13-16-19-22-25-27-29-31-32-33-38-41-45-49-54-59-64-69-74-88(93)101-80-86(107-90(95)76-71-66-61-56-51-47-43-39-35-34-37-40-44-48-52-57-62-67-72-83(5)9-4)82-105-109(98,99)103-78-84(91)77-102-108(96,97)104-81-85(79-100-87(92)73-68-63-58-53-24-21-18-15-12-8-3)106-89(94)75-70-65-60-55-50-46-42-36-30-28-26-23-20-17-14-11-7-2/h83-86,91H,6-82H2,1-5H3,(H,96,97)(H,98,99)/t83?,84-,85+,86+/m0/s1. The third kappa shape index (κ3) is 82.4. The molecule has 0 spiro atoms. The van der Waals surface area contributed by atoms with E-state index in [9.17, 15) is 43.2 Å². The number of unbranched alkanes of at least 4 members (excludes halogenated alkanes) is 61. The van der Waals surface area contributed by atoms with Gasteiger partial charge in [0.05, 0.1) is 26.4 Å². The first kappa shape index (κ1) is 107. The average molecular weight is 1590 g/mol. The molecule has 0 aliphatic carbocycles. The molecule has 0 aromatic rings. The summed E-state index contributed by atoms with van der Waals surface area (Å²) in [6.45, 7) is 7.45. The summed E-state index contributed by atoms with van der Waals surface area (Å²) in [7, 11) is -9.93. The van der Waals surface area contributed by atoms with Crippen molar-refractivity contribution in [2.75, 3.05) is 39.6 Å². The van der Waals surface area contributed by atoms with Gasteiger partial charge in [0.15, 0.2) is 12.2 Å². The molecule has 3 unspecified atom stereocenters. The molecule has 17 nitrogen and oxygen atoms in total. The summed E-state index contributed by atoms with van der Waals surface area (Å²) in [5.41, 5.74) is 0. The molecule has 0 radical (unpaired) electrons. The number of carbonyl (C=O) groups excluding carboxylic acids is 4. The topological polar surface area (TPSA) is 237 Å². The molecule has 0 aliphatic heterocycles. The van der Waals surface area contributed by atoms with E-state index in [1.807, 2.05) is 0 Å². The number of hydrogen-bond acceptors (Lipinski definition) is 15. The van der Waals surface area contributed by atoms with E-state index in [-0.39, 0.29) is 25.7 Å². The van der Waals surface area contributed by atoms with E-state index in [1.54, 1.807) is 0 Å². The van der Waals surface area contributed by atoms with E-state index < -0.39 is 97.5 Å². The first-order chi connectivity index (χ1) is 53.1. The van der Waals surface area contributed by atoms with Crippen LogP contribution in [0.4, 0.5) is 0 Å². The van der Waals surface area contributed by atoms with Crippen molar-refractivity contribution in [3.05, 3.63) is 0 Å². The van der Waals surface area contributed by atoms with Crippen molar-refractivity contribution in [1.29, 1.82) is 0 Å². The Labute approximate surface area is 670 Å². The number of carbonyl (C=O) groups is 4. The monoisotopic (exact) mass is 1590 g/mol. The molecule has 648 valence electrons. The number of phosphoric ester groups is 2. The van der Waals surface area contributed by atoms with Gasteiger partial charge in [-0.05, 0) is 31.6 Å². The van der Waals surface area contributed by atoms with Crippen LogP contribution in [0.15, 0.2) is 0 Å². The Morgan fingerprint density at radius 3 is 0.651 bits per heavy atom. The Morgan fingerprint density at radius 1 is 0.257 bits per heavy atom. The summed E-state index contributed by atoms with van der Waals surface area (Å²) < 4.78 is 69.0. The van der Waals surface area contributed by atoms with Crippen LogP contribution < -0.4 is 0 Å². The molecule has 6 atom stereocenters. The number of aliphatic hydroxyl groups is 1. The molecule has 3 N–H and O–H groups in total. The van der Waals surface area contributed by atoms with Gasteiger partial charge in [-0.25, -0.2) is 9.13 Å². The van der Waals surface area contributed by atoms with E-state index in [4.69, 9.17) is 37.0 Å². The molecule has 0 saturated heterocycles. The second-order valence-corrected chi connectivity index (χ2v) is 35.5. The minimum atomic E-state index is -4.97. The average Bonchev–Trinajstić information content (AvgIpc) is 0.897. The highest BCUT2D eigenvalue weighted by atomic mass is 31.2. The van der Waals surface area contributed by atoms with Gasteiger partial charge in [-0.3, -0.25) is 37.3 Å². The lowest BCUT2D eigenvalue weighted by Crippen LogP contribution is -2.30. The van der Waals surface area contributed by atoms with Gasteiger partial charge in [-0.1, -0.05) is 439 Å². The second-order valence-electron chi connectivity index (χ2n) is 32.6. The summed E-state index contributed by atoms with van der Waals surface area (Å²) >= 11 is 0. The first-order valence-electron chi connectivity index (χ1n) is 46.7. The molecule has 0 rings (SSSR count). The summed E-state index contributed by atoms with van der Waals surface area (Å²) in [6.07, 6.45) is 77.8. The fourth-order valence-electron chi connectivity index (χ4n) is 14.1. The maximum Gasteiger partial charge on any atom is 0.472 e. The van der Waals surface area contributed by atoms with Gasteiger partial charge in [0, 0.05) is 25.7 Å². The highest BCUT2D eigenvalue weighted by Crippen LogP contribution is 2.45. The van der Waals surface area contributed by atoms with Crippen LogP contribution in [0, 0.1) is 5.92 Å². The van der Waals surface area contributed by atoms with E-state index in [0.29, 0.717) is 25.7 Å². The Kier molecular flexibility index (Phi) is 81.1. The predicted molar refractivity (Wildman–Crippen MR) is 451 cm³/mol. The van der Waals surface area contributed by atoms with Crippen molar-refractivity contribution < 1.29 is 80.2 Å². The minimum Gasteiger partial charge on any atom is -0.462 e. The minimum absolute atomic E-state index is 0.109. The van der Waals surface area contributed by atoms with Gasteiger partial charge in [-0.2, -0.15) is 0 Å². The molecule has 0 heterocycles. The molecule has 0 fully saturated rings. The zero-order valence-electron chi connectivity index (χ0n) is 71.7. The van der Waals surface area contributed by atoms with E-state index in [2.05, 4.69) is 34.6 Å². The van der Waals surface area contributed by atoms with Crippen molar-refractivity contribution >= 4 is 39.5 Å². The van der Waals surface area contributed by atoms with Crippen LogP contribution in [0.2, 0.25) is 0 Å². The van der Waals surface area contributed by atoms with Crippen LogP contribution in [0.1, 0.15) is 490 Å². The number of phosphoric acid groups is 2. The zero-order valence-corrected chi connectivity index (χ0v) is 73.5. The molecule has 0 bridgehead atoms. The summed E-state index contributed by atoms with van der Waals surface area (Å²) in [5, 5.41) is 10.7. The van der Waals surface area contributed by atoms with Gasteiger partial charge in [0.25, 0.3) is 0 Å². The molecular formula is C90H176O17P2. The zero-order chi connectivity index (χ0) is 79.7. The number of hydrogen-bond donors (Lipinski definition) is 3. The Hall–Kier alpha value is -1.94. The molecule has 0 aromatic carbocycles. The van der Waals surface area contributed by atoms with Gasteiger partial charge in [-0.15, -0.1) is 0 Å². The lowest BCUT2D eigenvalue weighted by atomic mass is 9.99. The number of rotatable bonds is 90. The molecular weight excluding hydrogens is 1410 g/mol. The van der Waals surface area contributed by atoms with Crippen LogP contribution in [-0.4, -0.2) is 96.7 Å². The number of ether oxygens (including phenoxy) is 4. The maximum atomic E-state index is 13.2. The van der Waals surface area contributed by atoms with Crippen molar-refractivity contribution in [1.82, 2.24) is 0 Å². The van der Waals surface area contributed by atoms with Crippen LogP contribution in [0.25, 0.3) is 0 Å². The Balaban J connectivity index is 5.21. The molecule has 19 heteroatoms. The van der Waals surface area contributed by atoms with Crippen molar-refractivity contribution in [3.63, 3.8) is 0 Å². The highest BCUT2D eigenvalue weighted by molar-refractivity contribution is 7.47. The third-order valence-electron chi connectivity index (χ3n) is 21.6. The summed E-state index contributed by atoms with van der Waals surface area (Å²) in [4.78, 5) is 73.3. The van der Waals surface area contributed by atoms with Crippen molar-refractivity contribution in [2.24, 2.45) is 5.92 Å². The third-order valence-corrected chi connectivity index (χ3v) is 23.5. The number of esters is 4. The second kappa shape index (κ2) is 82.6. The van der Waals surface area contributed by atoms with Crippen molar-refractivity contribution in [2.45, 2.75) is 509 Å². The van der Waals surface area contributed by atoms with E-state index in [1.165, 1.54) is 315 Å². The van der Waals surface area contributed by atoms with Crippen LogP contribution in [0.3, 0.4) is 0 Å². The molecule has 109 heavy (non-hydrogen) atoms. The predicted octanol–water partition coefficient (Wildman–Crippen LogP) is 27.9. The van der Waals surface area contributed by atoms with Gasteiger partial charge in [0.1, 0.15) is 19.3 Å². The van der Waals surface area contributed by atoms with E-state index >= 15 is 0 Å². The SMILES string of the molecule is CCCCCCCCCCCCCCCCCCCCCCC(=O)OC[C@H](COP(=O)(O)OC[C@@H](O)COP(=O)(O)OC[C@@H](COC(=O)CCCCCCCCCCCC)OC(=O)CCCCCCCCCCCCCCCCCCC)OC(=O)CCCCCCCCCCCCCCCCCCCCC(C)CC. The normalized spacial score (nSPS) is 13.9. The highest BCUT2D eigenvalue weighted by Gasteiger charge is 2.31. The van der Waals surface area contributed by atoms with Gasteiger partial charge < -0.3 is 33.8 Å². The first-order valence-corrected chi connectivity index (χ1v) is 49.7. The van der Waals surface area contributed by atoms with Crippen LogP contribution >= 0.6 is 15.6 Å². The van der Waals surface area contributed by atoms with Gasteiger partial charge >= 0.3 is 39.5 Å². The molecule has 0 aromatic heterocycles. The van der Waals surface area contributed by atoms with Crippen LogP contribution in [0.5, 0.6) is 0 Å². The van der Waals surface area contributed by atoms with Gasteiger partial charge in [0.2, 0.25) is 0 Å². The Bertz CT molecular complexity index is 2070. The molecule has 0 amide bonds. The van der Waals surface area contributed by atoms with E-state index in [0.717, 1.165) is 95.8 Å². The smallest absolute Gasteiger partial charge is 0.462 e. The lowest BCUT2D eigenvalue weighted by Gasteiger charge is -2.21. The van der Waals surface area contributed by atoms with Crippen LogP contribution in [-0.2, 0) is 65.4 Å². The lowest BCUT2D eigenvalue weighted by molar-refractivity contribution is -0.161. The molecule has 0 aliphatic rings. The molecule has 0 saturated carbocycles.